The first-order valence-corrected chi connectivity index (χ1v) is 10.6. The summed E-state index contributed by atoms with van der Waals surface area (Å²) in [5, 5.41) is 2.75. The molecular formula is C22H22N2O4S. The van der Waals surface area contributed by atoms with Gasteiger partial charge in [-0.3, -0.25) is 9.52 Å². The fourth-order valence-corrected chi connectivity index (χ4v) is 3.83. The molecule has 150 valence electrons. The monoisotopic (exact) mass is 410 g/mol. The second-order valence-electron chi connectivity index (χ2n) is 6.41. The van der Waals surface area contributed by atoms with Crippen molar-refractivity contribution in [1.82, 2.24) is 0 Å². The van der Waals surface area contributed by atoms with Crippen molar-refractivity contribution >= 4 is 27.3 Å². The molecule has 2 N–H and O–H groups in total. The van der Waals surface area contributed by atoms with Gasteiger partial charge >= 0.3 is 0 Å². The summed E-state index contributed by atoms with van der Waals surface area (Å²) in [4.78, 5) is 12.6. The van der Waals surface area contributed by atoms with Crippen molar-refractivity contribution in [3.05, 3.63) is 83.9 Å². The molecule has 3 aromatic carbocycles. The highest BCUT2D eigenvalue weighted by atomic mass is 32.2. The molecular weight excluding hydrogens is 388 g/mol. The van der Waals surface area contributed by atoms with Crippen LogP contribution in [-0.2, 0) is 10.0 Å². The minimum atomic E-state index is -3.82. The second-order valence-corrected chi connectivity index (χ2v) is 8.10. The van der Waals surface area contributed by atoms with Gasteiger partial charge in [0.1, 0.15) is 5.75 Å². The molecule has 0 atom stereocenters. The zero-order valence-electron chi connectivity index (χ0n) is 16.2. The van der Waals surface area contributed by atoms with Crippen LogP contribution in [0.5, 0.6) is 5.75 Å². The number of nitrogens with one attached hydrogen (secondary N) is 2. The van der Waals surface area contributed by atoms with Crippen LogP contribution in [0.15, 0.2) is 77.7 Å². The van der Waals surface area contributed by atoms with Crippen LogP contribution in [0, 0.1) is 6.92 Å². The molecule has 0 saturated carbocycles. The number of aryl methyl sites for hydroxylation is 1. The fraction of sp³-hybridized carbons (Fsp3) is 0.136. The maximum atomic E-state index is 12.7. The van der Waals surface area contributed by atoms with Crippen LogP contribution in [0.25, 0.3) is 0 Å². The normalized spacial score (nSPS) is 11.0. The summed E-state index contributed by atoms with van der Waals surface area (Å²) in [6, 6.07) is 19.9. The third-order valence-electron chi connectivity index (χ3n) is 4.10. The third kappa shape index (κ3) is 5.36. The lowest BCUT2D eigenvalue weighted by Crippen LogP contribution is -2.16. The number of rotatable bonds is 7. The van der Waals surface area contributed by atoms with E-state index in [0.717, 1.165) is 5.56 Å². The number of hydrogen-bond acceptors (Lipinski definition) is 4. The molecule has 1 amide bonds. The van der Waals surface area contributed by atoms with Crippen LogP contribution >= 0.6 is 0 Å². The minimum absolute atomic E-state index is 0.0124. The number of ether oxygens (including phenoxy) is 1. The Morgan fingerprint density at radius 1 is 0.931 bits per heavy atom. The van der Waals surface area contributed by atoms with Crippen molar-refractivity contribution in [2.75, 3.05) is 16.6 Å². The van der Waals surface area contributed by atoms with E-state index in [-0.39, 0.29) is 10.5 Å². The molecule has 7 heteroatoms. The molecule has 0 aliphatic heterocycles. The summed E-state index contributed by atoms with van der Waals surface area (Å²) in [6.45, 7) is 4.33. The predicted molar refractivity (Wildman–Crippen MR) is 114 cm³/mol. The van der Waals surface area contributed by atoms with Crippen LogP contribution in [0.1, 0.15) is 22.8 Å². The lowest BCUT2D eigenvalue weighted by molar-refractivity contribution is 0.102. The number of carbonyl (C=O) groups excluding carboxylic acids is 1. The van der Waals surface area contributed by atoms with E-state index >= 15 is 0 Å². The van der Waals surface area contributed by atoms with Crippen LogP contribution in [0.3, 0.4) is 0 Å². The van der Waals surface area contributed by atoms with Crippen molar-refractivity contribution < 1.29 is 17.9 Å². The van der Waals surface area contributed by atoms with E-state index in [2.05, 4.69) is 10.0 Å². The molecule has 6 nitrogen and oxygen atoms in total. The molecule has 29 heavy (non-hydrogen) atoms. The third-order valence-corrected chi connectivity index (χ3v) is 5.48. The van der Waals surface area contributed by atoms with Crippen LogP contribution in [-0.4, -0.2) is 20.9 Å². The Kier molecular flexibility index (Phi) is 6.19. The maximum Gasteiger partial charge on any atom is 0.261 e. The number of benzene rings is 3. The average molecular weight is 410 g/mol. The van der Waals surface area contributed by atoms with Gasteiger partial charge in [0.05, 0.1) is 11.5 Å². The van der Waals surface area contributed by atoms with Crippen molar-refractivity contribution in [3.63, 3.8) is 0 Å². The van der Waals surface area contributed by atoms with Gasteiger partial charge in [-0.25, -0.2) is 8.42 Å². The Balaban J connectivity index is 1.76. The first-order chi connectivity index (χ1) is 13.9. The highest BCUT2D eigenvalue weighted by molar-refractivity contribution is 7.92. The van der Waals surface area contributed by atoms with E-state index in [4.69, 9.17) is 4.74 Å². The number of carbonyl (C=O) groups is 1. The van der Waals surface area contributed by atoms with Gasteiger partial charge in [-0.15, -0.1) is 0 Å². The van der Waals surface area contributed by atoms with Gasteiger partial charge in [0, 0.05) is 16.9 Å². The Hall–Kier alpha value is -3.32. The number of sulfonamides is 1. The molecule has 0 radical (unpaired) electrons. The topological polar surface area (TPSA) is 84.5 Å². The Labute approximate surface area is 170 Å². The Bertz CT molecular complexity index is 1110. The van der Waals surface area contributed by atoms with Crippen LogP contribution < -0.4 is 14.8 Å². The summed E-state index contributed by atoms with van der Waals surface area (Å²) in [5.74, 6) is 0.308. The van der Waals surface area contributed by atoms with E-state index < -0.39 is 15.9 Å². The summed E-state index contributed by atoms with van der Waals surface area (Å²) < 4.78 is 33.3. The lowest BCUT2D eigenvalue weighted by Gasteiger charge is -2.11. The Morgan fingerprint density at radius 2 is 1.66 bits per heavy atom. The number of amides is 1. The summed E-state index contributed by atoms with van der Waals surface area (Å²) >= 11 is 0. The molecule has 0 heterocycles. The SMILES string of the molecule is CCOc1ccc(NC(=O)c2cccc(S(=O)(=O)Nc3cccc(C)c3)c2)cc1. The molecule has 0 aromatic heterocycles. The molecule has 3 rings (SSSR count). The van der Waals surface area contributed by atoms with E-state index in [9.17, 15) is 13.2 Å². The molecule has 0 saturated heterocycles. The van der Waals surface area contributed by atoms with Crippen LogP contribution in [0.2, 0.25) is 0 Å². The second kappa shape index (κ2) is 8.79. The molecule has 0 unspecified atom stereocenters. The van der Waals surface area contributed by atoms with Gasteiger partial charge in [-0.2, -0.15) is 0 Å². The molecule has 0 aliphatic carbocycles. The number of hydrogen-bond donors (Lipinski definition) is 2. The minimum Gasteiger partial charge on any atom is -0.494 e. The predicted octanol–water partition coefficient (Wildman–Crippen LogP) is 4.45. The molecule has 0 fully saturated rings. The van der Waals surface area contributed by atoms with Crippen LogP contribution in [0.4, 0.5) is 11.4 Å². The maximum absolute atomic E-state index is 12.7. The first-order valence-electron chi connectivity index (χ1n) is 9.11. The van der Waals surface area contributed by atoms with Gasteiger partial charge in [-0.05, 0) is 74.0 Å². The van der Waals surface area contributed by atoms with E-state index in [1.165, 1.54) is 18.2 Å². The van der Waals surface area contributed by atoms with Gasteiger partial charge < -0.3 is 10.1 Å². The van der Waals surface area contributed by atoms with Gasteiger partial charge in [0.25, 0.3) is 15.9 Å². The summed E-state index contributed by atoms with van der Waals surface area (Å²) in [6.07, 6.45) is 0. The van der Waals surface area contributed by atoms with E-state index in [1.54, 1.807) is 48.5 Å². The highest BCUT2D eigenvalue weighted by Crippen LogP contribution is 2.20. The zero-order valence-corrected chi connectivity index (χ0v) is 17.0. The smallest absolute Gasteiger partial charge is 0.261 e. The van der Waals surface area contributed by atoms with Crippen molar-refractivity contribution in [2.24, 2.45) is 0 Å². The van der Waals surface area contributed by atoms with Gasteiger partial charge in [0.15, 0.2) is 0 Å². The van der Waals surface area contributed by atoms with Crippen molar-refractivity contribution in [3.8, 4) is 5.75 Å². The molecule has 0 bridgehead atoms. The highest BCUT2D eigenvalue weighted by Gasteiger charge is 2.17. The fourth-order valence-electron chi connectivity index (χ4n) is 2.73. The number of anilines is 2. The van der Waals surface area contributed by atoms with Gasteiger partial charge in [0.2, 0.25) is 0 Å². The summed E-state index contributed by atoms with van der Waals surface area (Å²) in [5.41, 5.74) is 2.23. The first kappa shape index (κ1) is 20.4. The molecule has 0 aliphatic rings. The van der Waals surface area contributed by atoms with E-state index in [1.807, 2.05) is 19.9 Å². The Morgan fingerprint density at radius 3 is 2.34 bits per heavy atom. The largest absolute Gasteiger partial charge is 0.494 e. The average Bonchev–Trinajstić information content (AvgIpc) is 2.69. The van der Waals surface area contributed by atoms with Crippen molar-refractivity contribution in [2.45, 2.75) is 18.7 Å². The molecule has 0 spiro atoms. The zero-order chi connectivity index (χ0) is 20.9. The quantitative estimate of drug-likeness (QED) is 0.603. The molecule has 3 aromatic rings. The lowest BCUT2D eigenvalue weighted by atomic mass is 10.2. The van der Waals surface area contributed by atoms with Gasteiger partial charge in [-0.1, -0.05) is 18.2 Å². The van der Waals surface area contributed by atoms with E-state index in [0.29, 0.717) is 23.7 Å². The summed E-state index contributed by atoms with van der Waals surface area (Å²) in [7, 11) is -3.82. The standard InChI is InChI=1S/C22H22N2O4S/c1-3-28-20-12-10-18(11-13-20)23-22(25)17-7-5-9-21(15-17)29(26,27)24-19-8-4-6-16(2)14-19/h4-15,24H,3H2,1-2H3,(H,23,25). The van der Waals surface area contributed by atoms with Crippen molar-refractivity contribution in [1.29, 1.82) is 0 Å².